The maximum Gasteiger partial charge on any atom is 0.248 e. The van der Waals surface area contributed by atoms with Crippen molar-refractivity contribution in [3.8, 4) is 0 Å². The molecule has 2 unspecified atom stereocenters. The maximum absolute atomic E-state index is 12.5. The van der Waals surface area contributed by atoms with E-state index in [9.17, 15) is 9.59 Å². The fourth-order valence-corrected chi connectivity index (χ4v) is 2.41. The van der Waals surface area contributed by atoms with Crippen LogP contribution < -0.4 is 5.32 Å². The van der Waals surface area contributed by atoms with E-state index < -0.39 is 5.54 Å². The summed E-state index contributed by atoms with van der Waals surface area (Å²) in [5.41, 5.74) is -0.802. The topological polar surface area (TPSA) is 67.9 Å². The Bertz CT molecular complexity index is 355. The van der Waals surface area contributed by atoms with Crippen molar-refractivity contribution < 1.29 is 19.1 Å². The number of amides is 2. The van der Waals surface area contributed by atoms with E-state index in [0.29, 0.717) is 45.8 Å². The molecule has 2 rings (SSSR count). The Kier molecular flexibility index (Phi) is 4.42. The number of carbonyl (C=O) groups excluding carboxylic acids is 2. The predicted molar refractivity (Wildman–Crippen MR) is 68.6 cm³/mol. The number of nitrogens with zero attached hydrogens (tertiary/aromatic N) is 1. The first-order valence-electron chi connectivity index (χ1n) is 6.85. The van der Waals surface area contributed by atoms with E-state index in [0.717, 1.165) is 0 Å². The quantitative estimate of drug-likeness (QED) is 0.779. The molecule has 2 aliphatic rings. The van der Waals surface area contributed by atoms with Gasteiger partial charge >= 0.3 is 0 Å². The molecule has 0 radical (unpaired) electrons. The molecule has 0 aromatic carbocycles. The highest BCUT2D eigenvalue weighted by atomic mass is 16.6. The summed E-state index contributed by atoms with van der Waals surface area (Å²) in [6.07, 6.45) is 0.831. The van der Waals surface area contributed by atoms with Crippen LogP contribution in [-0.2, 0) is 19.1 Å². The van der Waals surface area contributed by atoms with Gasteiger partial charge in [0, 0.05) is 19.5 Å². The lowest BCUT2D eigenvalue weighted by atomic mass is 9.97. The summed E-state index contributed by atoms with van der Waals surface area (Å²) in [6, 6.07) is 0. The summed E-state index contributed by atoms with van der Waals surface area (Å²) < 4.78 is 10.9. The SMILES string of the molecule is CCC1(C)NC(=O)CCN(CC2COCCO2)C1=O. The molecule has 2 amide bonds. The van der Waals surface area contributed by atoms with Crippen molar-refractivity contribution >= 4 is 11.8 Å². The summed E-state index contributed by atoms with van der Waals surface area (Å²) in [6.45, 7) is 6.30. The third-order valence-corrected chi connectivity index (χ3v) is 3.80. The molecular formula is C13H22N2O4. The fraction of sp³-hybridized carbons (Fsp3) is 0.846. The molecule has 0 aromatic rings. The summed E-state index contributed by atoms with van der Waals surface area (Å²) in [5.74, 6) is -0.101. The highest BCUT2D eigenvalue weighted by molar-refractivity contribution is 5.93. The van der Waals surface area contributed by atoms with Gasteiger partial charge in [-0.1, -0.05) is 6.92 Å². The van der Waals surface area contributed by atoms with E-state index in [1.165, 1.54) is 0 Å². The lowest BCUT2D eigenvalue weighted by Crippen LogP contribution is -2.56. The van der Waals surface area contributed by atoms with Gasteiger partial charge in [0.1, 0.15) is 5.54 Å². The summed E-state index contributed by atoms with van der Waals surface area (Å²) >= 11 is 0. The summed E-state index contributed by atoms with van der Waals surface area (Å²) in [7, 11) is 0. The van der Waals surface area contributed by atoms with Crippen molar-refractivity contribution in [2.75, 3.05) is 32.9 Å². The smallest absolute Gasteiger partial charge is 0.248 e. The van der Waals surface area contributed by atoms with Crippen molar-refractivity contribution in [1.29, 1.82) is 0 Å². The summed E-state index contributed by atoms with van der Waals surface area (Å²) in [5, 5.41) is 2.82. The van der Waals surface area contributed by atoms with Crippen molar-refractivity contribution in [2.24, 2.45) is 0 Å². The third kappa shape index (κ3) is 3.25. The molecule has 0 bridgehead atoms. The molecule has 2 heterocycles. The van der Waals surface area contributed by atoms with Crippen molar-refractivity contribution in [3.05, 3.63) is 0 Å². The minimum Gasteiger partial charge on any atom is -0.376 e. The predicted octanol–water partition coefficient (Wildman–Crippen LogP) is -0.0810. The zero-order valence-electron chi connectivity index (χ0n) is 11.6. The lowest BCUT2D eigenvalue weighted by molar-refractivity contribution is -0.143. The minimum absolute atomic E-state index is 0.0324. The van der Waals surface area contributed by atoms with Gasteiger partial charge in [-0.15, -0.1) is 0 Å². The number of nitrogens with one attached hydrogen (secondary N) is 1. The van der Waals surface area contributed by atoms with Crippen LogP contribution in [0.4, 0.5) is 0 Å². The number of carbonyl (C=O) groups is 2. The molecule has 2 aliphatic heterocycles. The van der Waals surface area contributed by atoms with Crippen molar-refractivity contribution in [3.63, 3.8) is 0 Å². The monoisotopic (exact) mass is 270 g/mol. The second-order valence-corrected chi connectivity index (χ2v) is 5.30. The number of rotatable bonds is 3. The van der Waals surface area contributed by atoms with Crippen LogP contribution in [0.25, 0.3) is 0 Å². The van der Waals surface area contributed by atoms with Gasteiger partial charge in [0.15, 0.2) is 0 Å². The Morgan fingerprint density at radius 1 is 1.42 bits per heavy atom. The van der Waals surface area contributed by atoms with E-state index in [1.54, 1.807) is 11.8 Å². The zero-order valence-corrected chi connectivity index (χ0v) is 11.6. The number of hydrogen-bond donors (Lipinski definition) is 1. The van der Waals surface area contributed by atoms with Gasteiger partial charge in [0.05, 0.1) is 25.9 Å². The minimum atomic E-state index is -0.802. The standard InChI is InChI=1S/C13H22N2O4/c1-3-13(2)12(17)15(5-4-11(16)14-13)8-10-9-18-6-7-19-10/h10H,3-9H2,1-2H3,(H,14,16). The van der Waals surface area contributed by atoms with Gasteiger partial charge in [0.2, 0.25) is 11.8 Å². The molecule has 0 spiro atoms. The molecule has 2 atom stereocenters. The van der Waals surface area contributed by atoms with Crippen LogP contribution in [0.5, 0.6) is 0 Å². The largest absolute Gasteiger partial charge is 0.376 e. The molecule has 0 aliphatic carbocycles. The molecule has 2 saturated heterocycles. The van der Waals surface area contributed by atoms with Gasteiger partial charge in [-0.3, -0.25) is 9.59 Å². The first-order chi connectivity index (χ1) is 9.05. The Morgan fingerprint density at radius 2 is 2.21 bits per heavy atom. The van der Waals surface area contributed by atoms with E-state index in [4.69, 9.17) is 9.47 Å². The molecular weight excluding hydrogens is 248 g/mol. The maximum atomic E-state index is 12.5. The molecule has 6 nitrogen and oxygen atoms in total. The molecule has 0 aromatic heterocycles. The molecule has 1 N–H and O–H groups in total. The van der Waals surface area contributed by atoms with Crippen LogP contribution in [0.2, 0.25) is 0 Å². The van der Waals surface area contributed by atoms with Crippen LogP contribution in [-0.4, -0.2) is 61.3 Å². The van der Waals surface area contributed by atoms with Gasteiger partial charge in [-0.2, -0.15) is 0 Å². The first kappa shape index (κ1) is 14.3. The lowest BCUT2D eigenvalue weighted by Gasteiger charge is -2.34. The van der Waals surface area contributed by atoms with Crippen LogP contribution in [0.3, 0.4) is 0 Å². The van der Waals surface area contributed by atoms with Gasteiger partial charge < -0.3 is 19.7 Å². The van der Waals surface area contributed by atoms with E-state index in [-0.39, 0.29) is 17.9 Å². The second kappa shape index (κ2) is 5.88. The molecule has 0 saturated carbocycles. The van der Waals surface area contributed by atoms with Crippen LogP contribution >= 0.6 is 0 Å². The zero-order chi connectivity index (χ0) is 13.9. The Labute approximate surface area is 113 Å². The Balaban J connectivity index is 2.05. The van der Waals surface area contributed by atoms with E-state index in [2.05, 4.69) is 5.32 Å². The Hall–Kier alpha value is -1.14. The summed E-state index contributed by atoms with van der Waals surface area (Å²) in [4.78, 5) is 26.0. The normalized spacial score (nSPS) is 32.9. The van der Waals surface area contributed by atoms with Gasteiger partial charge in [0.25, 0.3) is 0 Å². The highest BCUT2D eigenvalue weighted by Crippen LogP contribution is 2.18. The van der Waals surface area contributed by atoms with Crippen molar-refractivity contribution in [1.82, 2.24) is 10.2 Å². The van der Waals surface area contributed by atoms with Crippen LogP contribution in [0.15, 0.2) is 0 Å². The number of ether oxygens (including phenoxy) is 2. The van der Waals surface area contributed by atoms with Crippen molar-refractivity contribution in [2.45, 2.75) is 38.3 Å². The average Bonchev–Trinajstić information content (AvgIpc) is 2.52. The third-order valence-electron chi connectivity index (χ3n) is 3.80. The highest BCUT2D eigenvalue weighted by Gasteiger charge is 2.39. The van der Waals surface area contributed by atoms with Gasteiger partial charge in [-0.05, 0) is 13.3 Å². The Morgan fingerprint density at radius 3 is 2.84 bits per heavy atom. The second-order valence-electron chi connectivity index (χ2n) is 5.30. The average molecular weight is 270 g/mol. The van der Waals surface area contributed by atoms with E-state index >= 15 is 0 Å². The fourth-order valence-electron chi connectivity index (χ4n) is 2.41. The molecule has 19 heavy (non-hydrogen) atoms. The van der Waals surface area contributed by atoms with Gasteiger partial charge in [-0.25, -0.2) is 0 Å². The molecule has 108 valence electrons. The van der Waals surface area contributed by atoms with Crippen LogP contribution in [0.1, 0.15) is 26.7 Å². The molecule has 2 fully saturated rings. The van der Waals surface area contributed by atoms with E-state index in [1.807, 2.05) is 6.92 Å². The first-order valence-corrected chi connectivity index (χ1v) is 6.85. The van der Waals surface area contributed by atoms with Crippen LogP contribution in [0, 0.1) is 0 Å². The molecule has 6 heteroatoms. The number of hydrogen-bond acceptors (Lipinski definition) is 4.